The van der Waals surface area contributed by atoms with E-state index in [9.17, 15) is 13.2 Å². The summed E-state index contributed by atoms with van der Waals surface area (Å²) in [4.78, 5) is 5.61. The summed E-state index contributed by atoms with van der Waals surface area (Å²) in [7, 11) is 0. The standard InChI is InChI=1S/C12H12F3N3/c1-8-10(13)6-9(7-16)11(17-8)18-4-2-12(14,15)3-5-18/h6H,2-5H2,1H3. The maximum Gasteiger partial charge on any atom is 0.251 e. The van der Waals surface area contributed by atoms with Crippen molar-refractivity contribution in [1.29, 1.82) is 5.26 Å². The predicted octanol–water partition coefficient (Wildman–Crippen LogP) is 2.64. The lowest BCUT2D eigenvalue weighted by atomic mass is 10.1. The first-order valence-corrected chi connectivity index (χ1v) is 5.63. The fraction of sp³-hybridized carbons (Fsp3) is 0.500. The van der Waals surface area contributed by atoms with Crippen LogP contribution in [0.2, 0.25) is 0 Å². The molecule has 0 N–H and O–H groups in total. The van der Waals surface area contributed by atoms with Gasteiger partial charge in [0, 0.05) is 25.9 Å². The van der Waals surface area contributed by atoms with E-state index in [1.54, 1.807) is 4.90 Å². The molecule has 0 unspecified atom stereocenters. The van der Waals surface area contributed by atoms with Crippen LogP contribution >= 0.6 is 0 Å². The number of halogens is 3. The van der Waals surface area contributed by atoms with Gasteiger partial charge in [-0.2, -0.15) is 5.26 Å². The molecule has 0 atom stereocenters. The van der Waals surface area contributed by atoms with Gasteiger partial charge in [0.05, 0.1) is 11.3 Å². The van der Waals surface area contributed by atoms with E-state index in [-0.39, 0.29) is 37.2 Å². The first kappa shape index (κ1) is 12.7. The number of pyridine rings is 1. The quantitative estimate of drug-likeness (QED) is 0.774. The van der Waals surface area contributed by atoms with E-state index >= 15 is 0 Å². The lowest BCUT2D eigenvalue weighted by molar-refractivity contribution is -0.0221. The maximum absolute atomic E-state index is 13.3. The Balaban J connectivity index is 2.29. The summed E-state index contributed by atoms with van der Waals surface area (Å²) in [6, 6.07) is 2.95. The lowest BCUT2D eigenvalue weighted by Crippen LogP contribution is -2.40. The zero-order valence-corrected chi connectivity index (χ0v) is 9.88. The molecule has 0 aliphatic carbocycles. The van der Waals surface area contributed by atoms with Crippen LogP contribution in [-0.2, 0) is 0 Å². The molecule has 96 valence electrons. The van der Waals surface area contributed by atoms with Crippen LogP contribution < -0.4 is 4.90 Å². The number of alkyl halides is 2. The molecule has 0 aromatic carbocycles. The molecule has 2 heterocycles. The minimum atomic E-state index is -2.65. The SMILES string of the molecule is Cc1nc(N2CCC(F)(F)CC2)c(C#N)cc1F. The van der Waals surface area contributed by atoms with Crippen molar-refractivity contribution in [2.24, 2.45) is 0 Å². The minimum absolute atomic E-state index is 0.0864. The van der Waals surface area contributed by atoms with Crippen LogP contribution in [0.1, 0.15) is 24.1 Å². The van der Waals surface area contributed by atoms with Crippen LogP contribution in [0, 0.1) is 24.1 Å². The van der Waals surface area contributed by atoms with E-state index in [0.29, 0.717) is 5.82 Å². The minimum Gasteiger partial charge on any atom is -0.355 e. The van der Waals surface area contributed by atoms with E-state index in [1.165, 1.54) is 6.92 Å². The van der Waals surface area contributed by atoms with Gasteiger partial charge in [0.25, 0.3) is 5.92 Å². The van der Waals surface area contributed by atoms with Crippen LogP contribution in [0.5, 0.6) is 0 Å². The Morgan fingerprint density at radius 3 is 2.56 bits per heavy atom. The molecule has 2 rings (SSSR count). The Morgan fingerprint density at radius 1 is 1.39 bits per heavy atom. The Morgan fingerprint density at radius 2 is 2.00 bits per heavy atom. The third kappa shape index (κ3) is 2.40. The van der Waals surface area contributed by atoms with Gasteiger partial charge in [0.1, 0.15) is 17.7 Å². The summed E-state index contributed by atoms with van der Waals surface area (Å²) in [5, 5.41) is 8.94. The Hall–Kier alpha value is -1.77. The molecule has 1 saturated heterocycles. The molecule has 0 spiro atoms. The molecule has 1 aromatic heterocycles. The van der Waals surface area contributed by atoms with Gasteiger partial charge in [-0.3, -0.25) is 0 Å². The smallest absolute Gasteiger partial charge is 0.251 e. The van der Waals surface area contributed by atoms with Gasteiger partial charge in [-0.15, -0.1) is 0 Å². The van der Waals surface area contributed by atoms with Crippen molar-refractivity contribution < 1.29 is 13.2 Å². The number of nitrogens with zero attached hydrogens (tertiary/aromatic N) is 3. The second-order valence-corrected chi connectivity index (χ2v) is 4.38. The number of nitriles is 1. The highest BCUT2D eigenvalue weighted by Crippen LogP contribution is 2.31. The summed E-state index contributed by atoms with van der Waals surface area (Å²) in [6.07, 6.45) is -0.536. The Kier molecular flexibility index (Phi) is 3.16. The molecule has 1 fully saturated rings. The van der Waals surface area contributed by atoms with Gasteiger partial charge in [-0.1, -0.05) is 0 Å². The third-order valence-corrected chi connectivity index (χ3v) is 3.05. The van der Waals surface area contributed by atoms with Crippen LogP contribution in [0.25, 0.3) is 0 Å². The molecule has 0 amide bonds. The molecule has 1 aromatic rings. The molecule has 18 heavy (non-hydrogen) atoms. The number of aryl methyl sites for hydroxylation is 1. The number of rotatable bonds is 1. The summed E-state index contributed by atoms with van der Waals surface area (Å²) in [5.74, 6) is -2.91. The molecular weight excluding hydrogens is 243 g/mol. The van der Waals surface area contributed by atoms with Crippen molar-refractivity contribution in [3.63, 3.8) is 0 Å². The fourth-order valence-electron chi connectivity index (χ4n) is 1.94. The molecule has 1 aliphatic rings. The highest BCUT2D eigenvalue weighted by Gasteiger charge is 2.35. The van der Waals surface area contributed by atoms with E-state index < -0.39 is 11.7 Å². The lowest BCUT2D eigenvalue weighted by Gasteiger charge is -2.33. The number of hydrogen-bond donors (Lipinski definition) is 0. The summed E-state index contributed by atoms with van der Waals surface area (Å²) >= 11 is 0. The van der Waals surface area contributed by atoms with E-state index in [4.69, 9.17) is 5.26 Å². The van der Waals surface area contributed by atoms with E-state index in [0.717, 1.165) is 6.07 Å². The van der Waals surface area contributed by atoms with Crippen molar-refractivity contribution in [2.75, 3.05) is 18.0 Å². The van der Waals surface area contributed by atoms with Crippen molar-refractivity contribution >= 4 is 5.82 Å². The summed E-state index contributed by atoms with van der Waals surface area (Å²) < 4.78 is 39.4. The second-order valence-electron chi connectivity index (χ2n) is 4.38. The highest BCUT2D eigenvalue weighted by molar-refractivity contribution is 5.54. The molecule has 6 heteroatoms. The Bertz CT molecular complexity index is 498. The van der Waals surface area contributed by atoms with Crippen LogP contribution in [-0.4, -0.2) is 24.0 Å². The van der Waals surface area contributed by atoms with Gasteiger partial charge in [-0.25, -0.2) is 18.2 Å². The van der Waals surface area contributed by atoms with Crippen molar-refractivity contribution in [2.45, 2.75) is 25.7 Å². The summed E-state index contributed by atoms with van der Waals surface area (Å²) in [6.45, 7) is 1.73. The van der Waals surface area contributed by atoms with E-state index in [2.05, 4.69) is 4.98 Å². The molecule has 0 saturated carbocycles. The summed E-state index contributed by atoms with van der Waals surface area (Å²) in [5.41, 5.74) is 0.254. The van der Waals surface area contributed by atoms with Gasteiger partial charge in [0.15, 0.2) is 0 Å². The van der Waals surface area contributed by atoms with Crippen molar-refractivity contribution in [3.8, 4) is 6.07 Å². The van der Waals surface area contributed by atoms with Gasteiger partial charge < -0.3 is 4.90 Å². The highest BCUT2D eigenvalue weighted by atomic mass is 19.3. The van der Waals surface area contributed by atoms with Gasteiger partial charge in [0.2, 0.25) is 0 Å². The molecule has 3 nitrogen and oxygen atoms in total. The van der Waals surface area contributed by atoms with Crippen molar-refractivity contribution in [1.82, 2.24) is 4.98 Å². The molecular formula is C12H12F3N3. The maximum atomic E-state index is 13.3. The second kappa shape index (κ2) is 4.48. The van der Waals surface area contributed by atoms with Crippen molar-refractivity contribution in [3.05, 3.63) is 23.1 Å². The van der Waals surface area contributed by atoms with Crippen LogP contribution in [0.3, 0.4) is 0 Å². The normalized spacial score (nSPS) is 18.5. The third-order valence-electron chi connectivity index (χ3n) is 3.05. The Labute approximate surface area is 103 Å². The molecule has 0 bridgehead atoms. The van der Waals surface area contributed by atoms with Crippen LogP contribution in [0.4, 0.5) is 19.0 Å². The van der Waals surface area contributed by atoms with E-state index in [1.807, 2.05) is 6.07 Å². The zero-order chi connectivity index (χ0) is 13.3. The number of aromatic nitrogens is 1. The first-order valence-electron chi connectivity index (χ1n) is 5.63. The number of anilines is 1. The molecule has 1 aliphatic heterocycles. The topological polar surface area (TPSA) is 39.9 Å². The number of piperidine rings is 1. The van der Waals surface area contributed by atoms with Gasteiger partial charge >= 0.3 is 0 Å². The fourth-order valence-corrected chi connectivity index (χ4v) is 1.94. The average Bonchev–Trinajstić information content (AvgIpc) is 2.32. The molecule has 0 radical (unpaired) electrons. The monoisotopic (exact) mass is 255 g/mol. The number of hydrogen-bond acceptors (Lipinski definition) is 3. The zero-order valence-electron chi connectivity index (χ0n) is 9.88. The van der Waals surface area contributed by atoms with Gasteiger partial charge in [-0.05, 0) is 13.0 Å². The van der Waals surface area contributed by atoms with Crippen LogP contribution in [0.15, 0.2) is 6.07 Å². The average molecular weight is 255 g/mol. The predicted molar refractivity (Wildman–Crippen MR) is 60.0 cm³/mol. The first-order chi connectivity index (χ1) is 8.43. The largest absolute Gasteiger partial charge is 0.355 e.